The van der Waals surface area contributed by atoms with Crippen molar-refractivity contribution >= 4 is 18.3 Å². The number of carbonyl (C=O) groups excluding carboxylic acids is 1. The van der Waals surface area contributed by atoms with E-state index in [1.54, 1.807) is 27.7 Å². The van der Waals surface area contributed by atoms with Gasteiger partial charge >= 0.3 is 6.61 Å². The van der Waals surface area contributed by atoms with Crippen molar-refractivity contribution < 1.29 is 18.3 Å². The second kappa shape index (κ2) is 7.56. The van der Waals surface area contributed by atoms with Crippen molar-refractivity contribution in [2.24, 2.45) is 5.73 Å². The van der Waals surface area contributed by atoms with Gasteiger partial charge < -0.3 is 15.8 Å². The Bertz CT molecular complexity index is 485. The van der Waals surface area contributed by atoms with Gasteiger partial charge in [0.1, 0.15) is 5.75 Å². The number of carbonyl (C=O) groups is 1. The molecule has 3 N–H and O–H groups in total. The van der Waals surface area contributed by atoms with Crippen LogP contribution in [0.25, 0.3) is 0 Å². The summed E-state index contributed by atoms with van der Waals surface area (Å²) in [6, 6.07) is 3.04. The molecule has 0 aliphatic heterocycles. The summed E-state index contributed by atoms with van der Waals surface area (Å²) in [5.74, 6) is -0.190. The van der Waals surface area contributed by atoms with Gasteiger partial charge in [-0.05, 0) is 51.0 Å². The minimum Gasteiger partial charge on any atom is -0.434 e. The summed E-state index contributed by atoms with van der Waals surface area (Å²) in [4.78, 5) is 12.1. The zero-order valence-electron chi connectivity index (χ0n) is 12.5. The Kier molecular flexibility index (Phi) is 7.06. The molecule has 0 saturated carbocycles. The molecular formula is C14H21ClF2N2O2. The molecular weight excluding hydrogens is 302 g/mol. The quantitative estimate of drug-likeness (QED) is 0.876. The smallest absolute Gasteiger partial charge is 0.387 e. The molecule has 0 atom stereocenters. The van der Waals surface area contributed by atoms with Crippen LogP contribution < -0.4 is 15.8 Å². The Labute approximate surface area is 129 Å². The molecule has 1 amide bonds. The Morgan fingerprint density at radius 2 is 1.81 bits per heavy atom. The normalized spacial score (nSPS) is 11.0. The fourth-order valence-corrected chi connectivity index (χ4v) is 1.79. The number of alkyl halides is 2. The number of benzene rings is 1. The van der Waals surface area contributed by atoms with Gasteiger partial charge in [-0.1, -0.05) is 0 Å². The standard InChI is InChI=1S/C14H20F2N2O2.ClH/c1-8-5-10(12(19)18-14(3,4)7-17)6-9(2)11(8)20-13(15)16;/h5-6,13H,7,17H2,1-4H3,(H,18,19);1H. The van der Waals surface area contributed by atoms with E-state index in [1.807, 2.05) is 0 Å². The van der Waals surface area contributed by atoms with Crippen LogP contribution in [0.1, 0.15) is 35.3 Å². The number of aryl methyl sites for hydroxylation is 2. The first kappa shape index (κ1) is 19.6. The molecule has 1 aromatic rings. The van der Waals surface area contributed by atoms with Gasteiger partial charge in [-0.3, -0.25) is 4.79 Å². The summed E-state index contributed by atoms with van der Waals surface area (Å²) in [5, 5.41) is 2.78. The minimum atomic E-state index is -2.89. The summed E-state index contributed by atoms with van der Waals surface area (Å²) in [6.45, 7) is 4.26. The maximum absolute atomic E-state index is 12.3. The van der Waals surface area contributed by atoms with Crippen LogP contribution in [-0.2, 0) is 0 Å². The van der Waals surface area contributed by atoms with Gasteiger partial charge in [0.25, 0.3) is 5.91 Å². The van der Waals surface area contributed by atoms with E-state index in [0.717, 1.165) is 0 Å². The number of nitrogens with one attached hydrogen (secondary N) is 1. The van der Waals surface area contributed by atoms with Crippen LogP contribution in [-0.4, -0.2) is 24.6 Å². The number of hydrogen-bond acceptors (Lipinski definition) is 3. The maximum Gasteiger partial charge on any atom is 0.387 e. The SMILES string of the molecule is Cc1cc(C(=O)NC(C)(C)CN)cc(C)c1OC(F)F.Cl. The molecule has 0 aliphatic carbocycles. The van der Waals surface area contributed by atoms with Gasteiger partial charge in [0.05, 0.1) is 0 Å². The van der Waals surface area contributed by atoms with Crippen LogP contribution in [0.15, 0.2) is 12.1 Å². The van der Waals surface area contributed by atoms with Crippen molar-refractivity contribution in [2.45, 2.75) is 39.8 Å². The molecule has 1 rings (SSSR count). The summed E-state index contributed by atoms with van der Waals surface area (Å²) in [5.41, 5.74) is 6.39. The molecule has 120 valence electrons. The average molecular weight is 323 g/mol. The third kappa shape index (κ3) is 5.47. The zero-order valence-corrected chi connectivity index (χ0v) is 13.3. The zero-order chi connectivity index (χ0) is 15.5. The molecule has 0 aromatic heterocycles. The Morgan fingerprint density at radius 1 is 1.33 bits per heavy atom. The van der Waals surface area contributed by atoms with Crippen molar-refractivity contribution in [1.29, 1.82) is 0 Å². The second-order valence-electron chi connectivity index (χ2n) is 5.36. The van der Waals surface area contributed by atoms with E-state index < -0.39 is 12.2 Å². The molecule has 7 heteroatoms. The fraction of sp³-hybridized carbons (Fsp3) is 0.500. The molecule has 0 spiro atoms. The van der Waals surface area contributed by atoms with Crippen molar-refractivity contribution in [3.05, 3.63) is 28.8 Å². The first-order valence-corrected chi connectivity index (χ1v) is 6.25. The predicted molar refractivity (Wildman–Crippen MR) is 80.4 cm³/mol. The van der Waals surface area contributed by atoms with Crippen LogP contribution in [0.5, 0.6) is 5.75 Å². The van der Waals surface area contributed by atoms with Crippen LogP contribution in [0.2, 0.25) is 0 Å². The lowest BCUT2D eigenvalue weighted by atomic mass is 10.0. The molecule has 4 nitrogen and oxygen atoms in total. The van der Waals surface area contributed by atoms with Gasteiger partial charge in [-0.15, -0.1) is 12.4 Å². The van der Waals surface area contributed by atoms with E-state index in [0.29, 0.717) is 23.2 Å². The average Bonchev–Trinajstić information content (AvgIpc) is 2.32. The number of halogens is 3. The van der Waals surface area contributed by atoms with Gasteiger partial charge in [0.15, 0.2) is 0 Å². The Morgan fingerprint density at radius 3 is 2.19 bits per heavy atom. The Balaban J connectivity index is 0.00000400. The first-order valence-electron chi connectivity index (χ1n) is 6.25. The van der Waals surface area contributed by atoms with Gasteiger partial charge in [0.2, 0.25) is 0 Å². The molecule has 1 aromatic carbocycles. The summed E-state index contributed by atoms with van der Waals surface area (Å²) in [7, 11) is 0. The molecule has 0 unspecified atom stereocenters. The van der Waals surface area contributed by atoms with E-state index in [2.05, 4.69) is 10.1 Å². The lowest BCUT2D eigenvalue weighted by Crippen LogP contribution is -2.48. The number of rotatable bonds is 5. The summed E-state index contributed by atoms with van der Waals surface area (Å²) >= 11 is 0. The molecule has 0 heterocycles. The second-order valence-corrected chi connectivity index (χ2v) is 5.36. The highest BCUT2D eigenvalue weighted by atomic mass is 35.5. The topological polar surface area (TPSA) is 64.4 Å². The summed E-state index contributed by atoms with van der Waals surface area (Å²) < 4.78 is 29.0. The maximum atomic E-state index is 12.3. The third-order valence-corrected chi connectivity index (χ3v) is 2.89. The fourth-order valence-electron chi connectivity index (χ4n) is 1.79. The van der Waals surface area contributed by atoms with Gasteiger partial charge in [0, 0.05) is 17.6 Å². The van der Waals surface area contributed by atoms with Gasteiger partial charge in [-0.25, -0.2) is 0 Å². The van der Waals surface area contributed by atoms with Crippen LogP contribution in [0.4, 0.5) is 8.78 Å². The van der Waals surface area contributed by atoms with Crippen molar-refractivity contribution in [3.8, 4) is 5.75 Å². The van der Waals surface area contributed by atoms with Crippen molar-refractivity contribution in [1.82, 2.24) is 5.32 Å². The van der Waals surface area contributed by atoms with Crippen molar-refractivity contribution in [2.75, 3.05) is 6.54 Å². The number of amides is 1. The Hall–Kier alpha value is -1.40. The molecule has 0 aliphatic rings. The van der Waals surface area contributed by atoms with E-state index in [9.17, 15) is 13.6 Å². The molecule has 0 saturated heterocycles. The van der Waals surface area contributed by atoms with Crippen LogP contribution >= 0.6 is 12.4 Å². The largest absolute Gasteiger partial charge is 0.434 e. The first-order chi connectivity index (χ1) is 9.16. The lowest BCUT2D eigenvalue weighted by Gasteiger charge is -2.24. The number of nitrogens with two attached hydrogens (primary N) is 1. The van der Waals surface area contributed by atoms with E-state index in [-0.39, 0.29) is 24.1 Å². The number of hydrogen-bond donors (Lipinski definition) is 2. The van der Waals surface area contributed by atoms with E-state index >= 15 is 0 Å². The molecule has 0 fully saturated rings. The number of ether oxygens (including phenoxy) is 1. The monoisotopic (exact) mass is 322 g/mol. The van der Waals surface area contributed by atoms with Crippen LogP contribution in [0.3, 0.4) is 0 Å². The molecule has 0 radical (unpaired) electrons. The van der Waals surface area contributed by atoms with Crippen LogP contribution in [0, 0.1) is 13.8 Å². The molecule has 0 bridgehead atoms. The minimum absolute atomic E-state index is 0. The highest BCUT2D eigenvalue weighted by molar-refractivity contribution is 5.95. The van der Waals surface area contributed by atoms with E-state index in [1.165, 1.54) is 12.1 Å². The highest BCUT2D eigenvalue weighted by Gasteiger charge is 2.21. The van der Waals surface area contributed by atoms with Gasteiger partial charge in [-0.2, -0.15) is 8.78 Å². The third-order valence-electron chi connectivity index (χ3n) is 2.89. The lowest BCUT2D eigenvalue weighted by molar-refractivity contribution is -0.0507. The molecule has 21 heavy (non-hydrogen) atoms. The van der Waals surface area contributed by atoms with E-state index in [4.69, 9.17) is 5.73 Å². The summed E-state index contributed by atoms with van der Waals surface area (Å²) in [6.07, 6.45) is 0. The van der Waals surface area contributed by atoms with Crippen molar-refractivity contribution in [3.63, 3.8) is 0 Å². The predicted octanol–water partition coefficient (Wildman–Crippen LogP) is 2.79. The highest BCUT2D eigenvalue weighted by Crippen LogP contribution is 2.26.